The summed E-state index contributed by atoms with van der Waals surface area (Å²) in [5, 5.41) is 3.31. The lowest BCUT2D eigenvalue weighted by atomic mass is 10.1. The first-order chi connectivity index (χ1) is 8.58. The van der Waals surface area contributed by atoms with Crippen LogP contribution in [0.5, 0.6) is 0 Å². The molecule has 0 radical (unpaired) electrons. The lowest BCUT2D eigenvalue weighted by Gasteiger charge is -2.20. The number of carbonyl (C=O) groups excluding carboxylic acids is 1. The SMILES string of the molecule is Cc1cc(N(C)C(=O)CC2CCCN2)ccc1F. The number of amides is 1. The van der Waals surface area contributed by atoms with Crippen molar-refractivity contribution in [3.05, 3.63) is 29.6 Å². The lowest BCUT2D eigenvalue weighted by Crippen LogP contribution is -2.33. The predicted octanol–water partition coefficient (Wildman–Crippen LogP) is 2.24. The number of nitrogens with zero attached hydrogens (tertiary/aromatic N) is 1. The zero-order valence-corrected chi connectivity index (χ0v) is 10.9. The van der Waals surface area contributed by atoms with Crippen LogP contribution in [0.2, 0.25) is 0 Å². The second kappa shape index (κ2) is 5.48. The zero-order chi connectivity index (χ0) is 13.1. The Hall–Kier alpha value is -1.42. The molecular formula is C14H19FN2O. The van der Waals surface area contributed by atoms with E-state index < -0.39 is 0 Å². The maximum atomic E-state index is 13.2. The van der Waals surface area contributed by atoms with Crippen LogP contribution >= 0.6 is 0 Å². The molecule has 1 aromatic carbocycles. The van der Waals surface area contributed by atoms with Crippen molar-refractivity contribution in [3.8, 4) is 0 Å². The zero-order valence-electron chi connectivity index (χ0n) is 10.9. The van der Waals surface area contributed by atoms with E-state index in [1.54, 1.807) is 31.0 Å². The fraction of sp³-hybridized carbons (Fsp3) is 0.500. The van der Waals surface area contributed by atoms with E-state index in [1.807, 2.05) is 0 Å². The molecule has 0 saturated carbocycles. The summed E-state index contributed by atoms with van der Waals surface area (Å²) in [6, 6.07) is 5.04. The first-order valence-electron chi connectivity index (χ1n) is 6.34. The maximum Gasteiger partial charge on any atom is 0.228 e. The van der Waals surface area contributed by atoms with Crippen molar-refractivity contribution in [2.24, 2.45) is 0 Å². The largest absolute Gasteiger partial charge is 0.315 e. The van der Waals surface area contributed by atoms with Gasteiger partial charge in [-0.05, 0) is 50.1 Å². The minimum atomic E-state index is -0.239. The summed E-state index contributed by atoms with van der Waals surface area (Å²) in [5.74, 6) is -0.169. The van der Waals surface area contributed by atoms with Gasteiger partial charge < -0.3 is 10.2 Å². The van der Waals surface area contributed by atoms with Gasteiger partial charge in [0, 0.05) is 25.2 Å². The average molecular weight is 250 g/mol. The molecule has 3 nitrogen and oxygen atoms in total. The Bertz CT molecular complexity index is 441. The third-order valence-corrected chi connectivity index (χ3v) is 3.49. The van der Waals surface area contributed by atoms with E-state index in [9.17, 15) is 9.18 Å². The summed E-state index contributed by atoms with van der Waals surface area (Å²) in [7, 11) is 1.74. The van der Waals surface area contributed by atoms with Crippen molar-refractivity contribution in [1.29, 1.82) is 0 Å². The monoisotopic (exact) mass is 250 g/mol. The normalized spacial score (nSPS) is 18.9. The number of nitrogens with one attached hydrogen (secondary N) is 1. The summed E-state index contributed by atoms with van der Waals surface area (Å²) in [6.45, 7) is 2.70. The summed E-state index contributed by atoms with van der Waals surface area (Å²) >= 11 is 0. The van der Waals surface area contributed by atoms with Crippen LogP contribution in [0.15, 0.2) is 18.2 Å². The number of benzene rings is 1. The number of anilines is 1. The van der Waals surface area contributed by atoms with Crippen LogP contribution < -0.4 is 10.2 Å². The molecule has 0 spiro atoms. The Kier molecular flexibility index (Phi) is 3.97. The molecule has 1 amide bonds. The van der Waals surface area contributed by atoms with Crippen molar-refractivity contribution in [3.63, 3.8) is 0 Å². The van der Waals surface area contributed by atoms with Crippen LogP contribution in [-0.4, -0.2) is 25.5 Å². The summed E-state index contributed by atoms with van der Waals surface area (Å²) < 4.78 is 13.2. The fourth-order valence-electron chi connectivity index (χ4n) is 2.26. The van der Waals surface area contributed by atoms with Gasteiger partial charge in [-0.2, -0.15) is 0 Å². The highest BCUT2D eigenvalue weighted by molar-refractivity contribution is 5.93. The van der Waals surface area contributed by atoms with Crippen molar-refractivity contribution in [2.45, 2.75) is 32.2 Å². The maximum absolute atomic E-state index is 13.2. The molecule has 1 aliphatic rings. The molecule has 0 bridgehead atoms. The topological polar surface area (TPSA) is 32.3 Å². The molecule has 1 unspecified atom stereocenters. The number of halogens is 1. The van der Waals surface area contributed by atoms with Gasteiger partial charge in [0.2, 0.25) is 5.91 Å². The highest BCUT2D eigenvalue weighted by Gasteiger charge is 2.20. The smallest absolute Gasteiger partial charge is 0.228 e. The van der Waals surface area contributed by atoms with Gasteiger partial charge in [0.05, 0.1) is 0 Å². The molecule has 4 heteroatoms. The Morgan fingerprint density at radius 3 is 2.94 bits per heavy atom. The van der Waals surface area contributed by atoms with Crippen LogP contribution in [0.3, 0.4) is 0 Å². The Balaban J connectivity index is 2.02. The van der Waals surface area contributed by atoms with Crippen LogP contribution in [0, 0.1) is 12.7 Å². The van der Waals surface area contributed by atoms with Crippen molar-refractivity contribution in [2.75, 3.05) is 18.5 Å². The Morgan fingerprint density at radius 1 is 1.56 bits per heavy atom. The molecule has 18 heavy (non-hydrogen) atoms. The van der Waals surface area contributed by atoms with Crippen LogP contribution in [0.1, 0.15) is 24.8 Å². The van der Waals surface area contributed by atoms with E-state index >= 15 is 0 Å². The van der Waals surface area contributed by atoms with E-state index in [2.05, 4.69) is 5.32 Å². The van der Waals surface area contributed by atoms with Gasteiger partial charge in [-0.25, -0.2) is 4.39 Å². The third-order valence-electron chi connectivity index (χ3n) is 3.49. The van der Waals surface area contributed by atoms with E-state index in [-0.39, 0.29) is 11.7 Å². The lowest BCUT2D eigenvalue weighted by molar-refractivity contribution is -0.118. The average Bonchev–Trinajstić information content (AvgIpc) is 2.84. The van der Waals surface area contributed by atoms with Gasteiger partial charge in [0.1, 0.15) is 5.82 Å². The molecule has 1 aliphatic heterocycles. The van der Waals surface area contributed by atoms with E-state index in [0.717, 1.165) is 25.1 Å². The van der Waals surface area contributed by atoms with Gasteiger partial charge in [0.15, 0.2) is 0 Å². The molecule has 1 saturated heterocycles. The number of hydrogen-bond acceptors (Lipinski definition) is 2. The van der Waals surface area contributed by atoms with Crippen molar-refractivity contribution < 1.29 is 9.18 Å². The standard InChI is InChI=1S/C14H19FN2O/c1-10-8-12(5-6-13(10)15)17(2)14(18)9-11-4-3-7-16-11/h5-6,8,11,16H,3-4,7,9H2,1-2H3. The molecule has 1 fully saturated rings. The van der Waals surface area contributed by atoms with E-state index in [0.29, 0.717) is 18.0 Å². The third kappa shape index (κ3) is 2.88. The molecule has 98 valence electrons. The minimum Gasteiger partial charge on any atom is -0.315 e. The van der Waals surface area contributed by atoms with E-state index in [1.165, 1.54) is 6.07 Å². The van der Waals surface area contributed by atoms with Crippen molar-refractivity contribution >= 4 is 11.6 Å². The quantitative estimate of drug-likeness (QED) is 0.892. The summed E-state index contributed by atoms with van der Waals surface area (Å²) in [5.41, 5.74) is 1.31. The molecule has 1 atom stereocenters. The van der Waals surface area contributed by atoms with Gasteiger partial charge in [-0.3, -0.25) is 4.79 Å². The molecule has 1 N–H and O–H groups in total. The van der Waals surface area contributed by atoms with Gasteiger partial charge >= 0.3 is 0 Å². The second-order valence-electron chi connectivity index (χ2n) is 4.88. The van der Waals surface area contributed by atoms with Gasteiger partial charge in [0.25, 0.3) is 0 Å². The highest BCUT2D eigenvalue weighted by Crippen LogP contribution is 2.19. The molecule has 0 aromatic heterocycles. The first kappa shape index (κ1) is 13.0. The van der Waals surface area contributed by atoms with Gasteiger partial charge in [-0.1, -0.05) is 0 Å². The van der Waals surface area contributed by atoms with Crippen LogP contribution in [0.25, 0.3) is 0 Å². The Morgan fingerprint density at radius 2 is 2.33 bits per heavy atom. The molecular weight excluding hydrogens is 231 g/mol. The number of carbonyl (C=O) groups is 1. The molecule has 1 aromatic rings. The minimum absolute atomic E-state index is 0.0698. The van der Waals surface area contributed by atoms with E-state index in [4.69, 9.17) is 0 Å². The first-order valence-corrected chi connectivity index (χ1v) is 6.34. The van der Waals surface area contributed by atoms with Crippen molar-refractivity contribution in [1.82, 2.24) is 5.32 Å². The number of rotatable bonds is 3. The number of aryl methyl sites for hydroxylation is 1. The Labute approximate surface area is 107 Å². The summed E-state index contributed by atoms with van der Waals surface area (Å²) in [6.07, 6.45) is 2.70. The molecule has 0 aliphatic carbocycles. The molecule has 2 rings (SSSR count). The molecule has 1 heterocycles. The van der Waals surface area contributed by atoms with Crippen LogP contribution in [0.4, 0.5) is 10.1 Å². The highest BCUT2D eigenvalue weighted by atomic mass is 19.1. The second-order valence-corrected chi connectivity index (χ2v) is 4.88. The fourth-order valence-corrected chi connectivity index (χ4v) is 2.26. The predicted molar refractivity (Wildman–Crippen MR) is 70.2 cm³/mol. The number of hydrogen-bond donors (Lipinski definition) is 1. The van der Waals surface area contributed by atoms with Gasteiger partial charge in [-0.15, -0.1) is 0 Å². The van der Waals surface area contributed by atoms with Crippen LogP contribution in [-0.2, 0) is 4.79 Å². The summed E-state index contributed by atoms with van der Waals surface area (Å²) in [4.78, 5) is 13.7.